The lowest BCUT2D eigenvalue weighted by Gasteiger charge is -2.02. The fourth-order valence-electron chi connectivity index (χ4n) is 1.78. The van der Waals surface area contributed by atoms with Crippen molar-refractivity contribution in [3.05, 3.63) is 59.7 Å². The van der Waals surface area contributed by atoms with Gasteiger partial charge >= 0.3 is 0 Å². The summed E-state index contributed by atoms with van der Waals surface area (Å²) in [7, 11) is 1.82. The zero-order valence-corrected chi connectivity index (χ0v) is 11.2. The van der Waals surface area contributed by atoms with E-state index in [1.807, 2.05) is 19.3 Å². The topological polar surface area (TPSA) is 46.9 Å². The molecule has 0 aliphatic heterocycles. The Balaban J connectivity index is 1.76. The molecule has 1 aromatic heterocycles. The first-order valence-electron chi connectivity index (χ1n) is 6.32. The number of benzene rings is 1. The Morgan fingerprint density at radius 2 is 2.35 bits per heavy atom. The van der Waals surface area contributed by atoms with Gasteiger partial charge in [-0.15, -0.1) is 0 Å². The summed E-state index contributed by atoms with van der Waals surface area (Å²) in [5, 5.41) is 6.76. The first-order chi connectivity index (χ1) is 9.63. The maximum Gasteiger partial charge on any atom is 0.244 e. The second-order valence-electron chi connectivity index (χ2n) is 4.45. The molecule has 1 aromatic carbocycles. The van der Waals surface area contributed by atoms with Crippen LogP contribution in [-0.4, -0.2) is 22.2 Å². The normalized spacial score (nSPS) is 10.9. The molecule has 0 aliphatic rings. The molecule has 0 atom stereocenters. The molecular formula is C15H16FN3O. The van der Waals surface area contributed by atoms with Crippen molar-refractivity contribution in [2.24, 2.45) is 7.05 Å². The number of amides is 1. The summed E-state index contributed by atoms with van der Waals surface area (Å²) in [4.78, 5) is 11.6. The predicted octanol–water partition coefficient (Wildman–Crippen LogP) is 1.93. The van der Waals surface area contributed by atoms with Gasteiger partial charge in [-0.3, -0.25) is 9.48 Å². The van der Waals surface area contributed by atoms with Gasteiger partial charge in [-0.05, 0) is 30.2 Å². The Morgan fingerprint density at radius 3 is 3.05 bits per heavy atom. The minimum Gasteiger partial charge on any atom is -0.352 e. The fraction of sp³-hybridized carbons (Fsp3) is 0.200. The highest BCUT2D eigenvalue weighted by Gasteiger charge is 1.98. The van der Waals surface area contributed by atoms with Gasteiger partial charge in [0.2, 0.25) is 5.91 Å². The minimum absolute atomic E-state index is 0.176. The zero-order chi connectivity index (χ0) is 14.4. The van der Waals surface area contributed by atoms with Crippen LogP contribution in [0.15, 0.2) is 42.7 Å². The maximum absolute atomic E-state index is 13.0. The molecule has 4 nitrogen and oxygen atoms in total. The standard InChI is InChI=1S/C15H16FN3O/c1-19-11-13(10-18-19)5-6-15(20)17-8-7-12-3-2-4-14(16)9-12/h2-6,9-11H,7-8H2,1H3,(H,17,20). The van der Waals surface area contributed by atoms with E-state index in [1.54, 1.807) is 23.0 Å². The van der Waals surface area contributed by atoms with Gasteiger partial charge in [-0.2, -0.15) is 5.10 Å². The van der Waals surface area contributed by atoms with E-state index >= 15 is 0 Å². The molecule has 0 aliphatic carbocycles. The van der Waals surface area contributed by atoms with Crippen LogP contribution in [0.3, 0.4) is 0 Å². The first-order valence-corrected chi connectivity index (χ1v) is 6.32. The quantitative estimate of drug-likeness (QED) is 0.846. The van der Waals surface area contributed by atoms with Gasteiger partial charge in [-0.25, -0.2) is 4.39 Å². The molecule has 0 radical (unpaired) electrons. The van der Waals surface area contributed by atoms with Crippen molar-refractivity contribution in [2.75, 3.05) is 6.54 Å². The van der Waals surface area contributed by atoms with Crippen molar-refractivity contribution in [1.82, 2.24) is 15.1 Å². The SMILES string of the molecule is Cn1cc(C=CC(=O)NCCc2cccc(F)c2)cn1. The zero-order valence-electron chi connectivity index (χ0n) is 11.2. The third kappa shape index (κ3) is 4.35. The van der Waals surface area contributed by atoms with E-state index in [2.05, 4.69) is 10.4 Å². The van der Waals surface area contributed by atoms with Crippen LogP contribution in [0.4, 0.5) is 4.39 Å². The van der Waals surface area contributed by atoms with Gasteiger partial charge in [-0.1, -0.05) is 12.1 Å². The molecule has 104 valence electrons. The number of rotatable bonds is 5. The molecule has 2 rings (SSSR count). The molecule has 2 aromatic rings. The molecule has 0 unspecified atom stereocenters. The summed E-state index contributed by atoms with van der Waals surface area (Å²) in [5.41, 5.74) is 1.73. The third-order valence-electron chi connectivity index (χ3n) is 2.75. The second-order valence-corrected chi connectivity index (χ2v) is 4.45. The number of nitrogens with zero attached hydrogens (tertiary/aromatic N) is 2. The second kappa shape index (κ2) is 6.65. The van der Waals surface area contributed by atoms with E-state index in [0.717, 1.165) is 11.1 Å². The molecule has 0 saturated heterocycles. The third-order valence-corrected chi connectivity index (χ3v) is 2.75. The number of nitrogens with one attached hydrogen (secondary N) is 1. The molecule has 0 fully saturated rings. The first kappa shape index (κ1) is 14.0. The van der Waals surface area contributed by atoms with Gasteiger partial charge in [0.15, 0.2) is 0 Å². The average Bonchev–Trinajstić information content (AvgIpc) is 2.82. The number of aromatic nitrogens is 2. The van der Waals surface area contributed by atoms with Crippen molar-refractivity contribution in [3.63, 3.8) is 0 Å². The molecule has 20 heavy (non-hydrogen) atoms. The Morgan fingerprint density at radius 1 is 1.50 bits per heavy atom. The highest BCUT2D eigenvalue weighted by atomic mass is 19.1. The lowest BCUT2D eigenvalue weighted by atomic mass is 10.1. The van der Waals surface area contributed by atoms with Crippen LogP contribution in [0.25, 0.3) is 6.08 Å². The van der Waals surface area contributed by atoms with Gasteiger partial charge < -0.3 is 5.32 Å². The van der Waals surface area contributed by atoms with Gasteiger partial charge in [0, 0.05) is 31.4 Å². The largest absolute Gasteiger partial charge is 0.352 e. The number of carbonyl (C=O) groups excluding carboxylic acids is 1. The maximum atomic E-state index is 13.0. The smallest absolute Gasteiger partial charge is 0.244 e. The van der Waals surface area contributed by atoms with Crippen molar-refractivity contribution in [2.45, 2.75) is 6.42 Å². The summed E-state index contributed by atoms with van der Waals surface area (Å²) in [6, 6.07) is 6.37. The van der Waals surface area contributed by atoms with Crippen molar-refractivity contribution in [3.8, 4) is 0 Å². The van der Waals surface area contributed by atoms with Gasteiger partial charge in [0.05, 0.1) is 6.20 Å². The highest BCUT2D eigenvalue weighted by molar-refractivity contribution is 5.91. The number of hydrogen-bond donors (Lipinski definition) is 1. The van der Waals surface area contributed by atoms with E-state index in [4.69, 9.17) is 0 Å². The van der Waals surface area contributed by atoms with Crippen LogP contribution in [0.2, 0.25) is 0 Å². The molecule has 0 bridgehead atoms. The lowest BCUT2D eigenvalue weighted by molar-refractivity contribution is -0.116. The Labute approximate surface area is 116 Å². The predicted molar refractivity (Wildman–Crippen MR) is 75.4 cm³/mol. The van der Waals surface area contributed by atoms with Crippen molar-refractivity contribution in [1.29, 1.82) is 0 Å². The van der Waals surface area contributed by atoms with Gasteiger partial charge in [0.1, 0.15) is 5.82 Å². The fourth-order valence-corrected chi connectivity index (χ4v) is 1.78. The molecule has 0 saturated carbocycles. The summed E-state index contributed by atoms with van der Waals surface area (Å²) in [6.45, 7) is 0.472. The van der Waals surface area contributed by atoms with Crippen LogP contribution < -0.4 is 5.32 Å². The van der Waals surface area contributed by atoms with E-state index in [1.165, 1.54) is 18.2 Å². The number of carbonyl (C=O) groups is 1. The average molecular weight is 273 g/mol. The minimum atomic E-state index is -0.259. The molecule has 1 amide bonds. The van der Waals surface area contributed by atoms with E-state index in [-0.39, 0.29) is 11.7 Å². The number of aryl methyl sites for hydroxylation is 1. The Kier molecular flexibility index (Phi) is 4.65. The van der Waals surface area contributed by atoms with Crippen LogP contribution >= 0.6 is 0 Å². The molecular weight excluding hydrogens is 257 g/mol. The Bertz CT molecular complexity index is 619. The van der Waals surface area contributed by atoms with E-state index in [0.29, 0.717) is 13.0 Å². The summed E-state index contributed by atoms with van der Waals surface area (Å²) in [6.07, 6.45) is 7.25. The molecule has 0 spiro atoms. The highest BCUT2D eigenvalue weighted by Crippen LogP contribution is 2.03. The molecule has 1 N–H and O–H groups in total. The van der Waals surface area contributed by atoms with E-state index < -0.39 is 0 Å². The number of halogens is 1. The Hall–Kier alpha value is -2.43. The van der Waals surface area contributed by atoms with Crippen LogP contribution in [0.1, 0.15) is 11.1 Å². The number of hydrogen-bond acceptors (Lipinski definition) is 2. The molecule has 1 heterocycles. The van der Waals surface area contributed by atoms with Crippen molar-refractivity contribution < 1.29 is 9.18 Å². The molecule has 5 heteroatoms. The lowest BCUT2D eigenvalue weighted by Crippen LogP contribution is -2.23. The van der Waals surface area contributed by atoms with Crippen LogP contribution in [0.5, 0.6) is 0 Å². The van der Waals surface area contributed by atoms with E-state index in [9.17, 15) is 9.18 Å². The van der Waals surface area contributed by atoms with Crippen LogP contribution in [0, 0.1) is 5.82 Å². The van der Waals surface area contributed by atoms with Crippen LogP contribution in [-0.2, 0) is 18.3 Å². The monoisotopic (exact) mass is 273 g/mol. The summed E-state index contributed by atoms with van der Waals surface area (Å²) in [5.74, 6) is -0.435. The summed E-state index contributed by atoms with van der Waals surface area (Å²) < 4.78 is 14.6. The van der Waals surface area contributed by atoms with Gasteiger partial charge in [0.25, 0.3) is 0 Å². The summed E-state index contributed by atoms with van der Waals surface area (Å²) >= 11 is 0. The van der Waals surface area contributed by atoms with Crippen molar-refractivity contribution >= 4 is 12.0 Å².